The molecule has 0 aliphatic heterocycles. The molecule has 180 valence electrons. The third-order valence-electron chi connectivity index (χ3n) is 5.17. The smallest absolute Gasteiger partial charge is 0.269 e. The third-order valence-corrected chi connectivity index (χ3v) is 5.48. The Balaban J connectivity index is 1.78. The molecule has 0 radical (unpaired) electrons. The summed E-state index contributed by atoms with van der Waals surface area (Å²) in [6, 6.07) is 18.8. The number of fused-ring (bicyclic) bond motifs is 1. The Morgan fingerprint density at radius 2 is 1.92 bits per heavy atom. The van der Waals surface area contributed by atoms with E-state index in [1.165, 1.54) is 10.5 Å². The Morgan fingerprint density at radius 3 is 2.61 bits per heavy atom. The molecule has 2 aromatic heterocycles. The van der Waals surface area contributed by atoms with E-state index in [4.69, 9.17) is 21.1 Å². The fourth-order valence-electron chi connectivity index (χ4n) is 3.42. The molecular weight excluding hydrogens is 480 g/mol. The van der Waals surface area contributed by atoms with Crippen LogP contribution in [0, 0.1) is 18.3 Å². The van der Waals surface area contributed by atoms with Gasteiger partial charge in [0.25, 0.3) is 11.5 Å². The number of hydrogen-bond donors (Lipinski definition) is 1. The Morgan fingerprint density at radius 1 is 1.17 bits per heavy atom. The predicted octanol–water partition coefficient (Wildman–Crippen LogP) is 5.39. The van der Waals surface area contributed by atoms with Crippen LogP contribution in [0.3, 0.4) is 0 Å². The molecule has 4 aromatic rings. The van der Waals surface area contributed by atoms with Gasteiger partial charge in [0.05, 0.1) is 11.6 Å². The average molecular weight is 501 g/mol. The Kier molecular flexibility index (Phi) is 7.33. The second-order valence-electron chi connectivity index (χ2n) is 7.63. The number of aryl methyl sites for hydroxylation is 1. The molecule has 2 heterocycles. The van der Waals surface area contributed by atoms with Crippen LogP contribution >= 0.6 is 11.6 Å². The van der Waals surface area contributed by atoms with Crippen molar-refractivity contribution in [3.8, 4) is 23.4 Å². The van der Waals surface area contributed by atoms with Crippen LogP contribution < -0.4 is 20.3 Å². The molecule has 9 heteroatoms. The second kappa shape index (κ2) is 10.8. The van der Waals surface area contributed by atoms with Gasteiger partial charge in [0.1, 0.15) is 34.4 Å². The van der Waals surface area contributed by atoms with E-state index < -0.39 is 11.5 Å². The number of aromatic nitrogens is 2. The van der Waals surface area contributed by atoms with E-state index in [2.05, 4.69) is 10.3 Å². The van der Waals surface area contributed by atoms with Crippen molar-refractivity contribution < 1.29 is 14.3 Å². The SMILES string of the molecule is CCOc1ccc(NC(=O)/C(C#N)=C/c2c(Oc3ccccc3Cl)nc3c(C)cccn3c2=O)cc1. The molecule has 8 nitrogen and oxygen atoms in total. The Labute approximate surface area is 212 Å². The highest BCUT2D eigenvalue weighted by atomic mass is 35.5. The molecule has 0 saturated carbocycles. The van der Waals surface area contributed by atoms with Crippen LogP contribution in [0.5, 0.6) is 17.4 Å². The van der Waals surface area contributed by atoms with E-state index in [0.717, 1.165) is 5.56 Å². The summed E-state index contributed by atoms with van der Waals surface area (Å²) in [5, 5.41) is 12.7. The summed E-state index contributed by atoms with van der Waals surface area (Å²) in [6.07, 6.45) is 2.72. The number of nitrogens with one attached hydrogen (secondary N) is 1. The molecule has 36 heavy (non-hydrogen) atoms. The molecule has 0 spiro atoms. The van der Waals surface area contributed by atoms with Gasteiger partial charge in [0.2, 0.25) is 5.88 Å². The van der Waals surface area contributed by atoms with Crippen molar-refractivity contribution in [1.29, 1.82) is 5.26 Å². The molecule has 4 rings (SSSR count). The number of benzene rings is 2. The summed E-state index contributed by atoms with van der Waals surface area (Å²) in [7, 11) is 0. The molecular formula is C27H21ClN4O4. The maximum absolute atomic E-state index is 13.4. The van der Waals surface area contributed by atoms with Crippen molar-refractivity contribution in [3.05, 3.63) is 98.9 Å². The largest absolute Gasteiger partial charge is 0.494 e. The van der Waals surface area contributed by atoms with E-state index >= 15 is 0 Å². The minimum absolute atomic E-state index is 0.0728. The monoisotopic (exact) mass is 500 g/mol. The van der Waals surface area contributed by atoms with Crippen LogP contribution in [0.25, 0.3) is 11.7 Å². The molecule has 1 N–H and O–H groups in total. The van der Waals surface area contributed by atoms with Gasteiger partial charge >= 0.3 is 0 Å². The van der Waals surface area contributed by atoms with E-state index in [1.807, 2.05) is 26.0 Å². The second-order valence-corrected chi connectivity index (χ2v) is 8.04. The summed E-state index contributed by atoms with van der Waals surface area (Å²) < 4.78 is 12.6. The van der Waals surface area contributed by atoms with Crippen LogP contribution in [0.4, 0.5) is 5.69 Å². The molecule has 0 atom stereocenters. The molecule has 0 fully saturated rings. The summed E-state index contributed by atoms with van der Waals surface area (Å²) in [4.78, 5) is 30.8. The van der Waals surface area contributed by atoms with Crippen LogP contribution in [0.15, 0.2) is 77.2 Å². The molecule has 0 aliphatic rings. The lowest BCUT2D eigenvalue weighted by molar-refractivity contribution is -0.112. The van der Waals surface area contributed by atoms with Crippen LogP contribution in [-0.4, -0.2) is 21.9 Å². The van der Waals surface area contributed by atoms with Crippen molar-refractivity contribution in [2.24, 2.45) is 0 Å². The fraction of sp³-hybridized carbons (Fsp3) is 0.111. The lowest BCUT2D eigenvalue weighted by Crippen LogP contribution is -2.20. The maximum atomic E-state index is 13.4. The normalized spacial score (nSPS) is 11.1. The highest BCUT2D eigenvalue weighted by Gasteiger charge is 2.19. The first-order chi connectivity index (χ1) is 17.4. The molecule has 0 aliphatic carbocycles. The first-order valence-corrected chi connectivity index (χ1v) is 11.4. The van der Waals surface area contributed by atoms with E-state index in [1.54, 1.807) is 60.8 Å². The molecule has 2 aromatic carbocycles. The zero-order valence-electron chi connectivity index (χ0n) is 19.5. The van der Waals surface area contributed by atoms with Crippen molar-refractivity contribution in [1.82, 2.24) is 9.38 Å². The fourth-order valence-corrected chi connectivity index (χ4v) is 3.59. The molecule has 0 unspecified atom stereocenters. The van der Waals surface area contributed by atoms with Crippen molar-refractivity contribution in [2.45, 2.75) is 13.8 Å². The Hall–Kier alpha value is -4.61. The average Bonchev–Trinajstić information content (AvgIpc) is 2.87. The quantitative estimate of drug-likeness (QED) is 0.269. The number of carbonyl (C=O) groups is 1. The Bertz CT molecular complexity index is 1570. The lowest BCUT2D eigenvalue weighted by Gasteiger charge is -2.12. The van der Waals surface area contributed by atoms with Gasteiger partial charge in [-0.1, -0.05) is 29.8 Å². The van der Waals surface area contributed by atoms with Crippen molar-refractivity contribution >= 4 is 34.9 Å². The topological polar surface area (TPSA) is 106 Å². The summed E-state index contributed by atoms with van der Waals surface area (Å²) in [5.74, 6) is 0.151. The number of carbonyl (C=O) groups excluding carboxylic acids is 1. The molecule has 0 bridgehead atoms. The van der Waals surface area contributed by atoms with Gasteiger partial charge in [-0.15, -0.1) is 0 Å². The van der Waals surface area contributed by atoms with Crippen molar-refractivity contribution in [3.63, 3.8) is 0 Å². The number of halogens is 1. The number of ether oxygens (including phenoxy) is 2. The zero-order chi connectivity index (χ0) is 25.7. The highest BCUT2D eigenvalue weighted by molar-refractivity contribution is 6.32. The summed E-state index contributed by atoms with van der Waals surface area (Å²) in [5.41, 5.74) is 0.686. The van der Waals surface area contributed by atoms with Crippen molar-refractivity contribution in [2.75, 3.05) is 11.9 Å². The molecule has 0 saturated heterocycles. The number of pyridine rings is 1. The first kappa shape index (κ1) is 24.5. The number of nitriles is 1. The maximum Gasteiger partial charge on any atom is 0.269 e. The number of amides is 1. The molecule has 1 amide bonds. The lowest BCUT2D eigenvalue weighted by atomic mass is 10.1. The number of hydrogen-bond acceptors (Lipinski definition) is 6. The minimum Gasteiger partial charge on any atom is -0.494 e. The van der Waals surface area contributed by atoms with E-state index in [0.29, 0.717) is 28.7 Å². The summed E-state index contributed by atoms with van der Waals surface area (Å²) >= 11 is 6.24. The van der Waals surface area contributed by atoms with Gasteiger partial charge in [0, 0.05) is 11.9 Å². The number of para-hydroxylation sites is 1. The van der Waals surface area contributed by atoms with Crippen LogP contribution in [-0.2, 0) is 4.79 Å². The predicted molar refractivity (Wildman–Crippen MR) is 138 cm³/mol. The number of anilines is 1. The number of nitrogens with zero attached hydrogens (tertiary/aromatic N) is 3. The van der Waals surface area contributed by atoms with Gasteiger partial charge in [-0.2, -0.15) is 10.2 Å². The number of rotatable bonds is 7. The minimum atomic E-state index is -0.695. The van der Waals surface area contributed by atoms with Crippen LogP contribution in [0.2, 0.25) is 5.02 Å². The van der Waals surface area contributed by atoms with E-state index in [9.17, 15) is 14.9 Å². The first-order valence-electron chi connectivity index (χ1n) is 11.0. The van der Waals surface area contributed by atoms with Crippen LogP contribution in [0.1, 0.15) is 18.1 Å². The van der Waals surface area contributed by atoms with Gasteiger partial charge < -0.3 is 14.8 Å². The third kappa shape index (κ3) is 5.22. The van der Waals surface area contributed by atoms with Gasteiger partial charge in [0.15, 0.2) is 0 Å². The van der Waals surface area contributed by atoms with E-state index in [-0.39, 0.29) is 22.8 Å². The zero-order valence-corrected chi connectivity index (χ0v) is 20.2. The van der Waals surface area contributed by atoms with Gasteiger partial charge in [-0.05, 0) is 68.0 Å². The highest BCUT2D eigenvalue weighted by Crippen LogP contribution is 2.30. The van der Waals surface area contributed by atoms with Gasteiger partial charge in [-0.25, -0.2) is 0 Å². The van der Waals surface area contributed by atoms with Gasteiger partial charge in [-0.3, -0.25) is 14.0 Å². The standard InChI is InChI=1S/C27H21ClN4O4/c1-3-35-20-12-10-19(11-13-20)30-25(33)18(16-29)15-21-26(36-23-9-5-4-8-22(23)28)31-24-17(2)7-6-14-32(24)27(21)34/h4-15H,3H2,1-2H3,(H,30,33)/b18-15+. The summed E-state index contributed by atoms with van der Waals surface area (Å²) in [6.45, 7) is 4.19.